The number of likely N-dealkylation sites (N-methyl/N-ethyl adjacent to an activating group) is 1. The fourth-order valence-corrected chi connectivity index (χ4v) is 2.77. The molecule has 0 aliphatic heterocycles. The van der Waals surface area contributed by atoms with E-state index in [0.29, 0.717) is 6.04 Å². The van der Waals surface area contributed by atoms with Crippen LogP contribution in [0, 0.1) is 0 Å². The van der Waals surface area contributed by atoms with Crippen LogP contribution in [0.4, 0.5) is 0 Å². The Hall–Kier alpha value is -0.830. The molecular formula is C14H16ClNS. The third-order valence-corrected chi connectivity index (χ3v) is 3.98. The third kappa shape index (κ3) is 3.84. The minimum absolute atomic E-state index is 0.481. The Morgan fingerprint density at radius 1 is 1.18 bits per heavy atom. The van der Waals surface area contributed by atoms with Gasteiger partial charge in [0, 0.05) is 15.9 Å². The van der Waals surface area contributed by atoms with Gasteiger partial charge in [0.25, 0.3) is 0 Å². The first-order valence-electron chi connectivity index (χ1n) is 5.72. The molecule has 1 aromatic carbocycles. The largest absolute Gasteiger partial charge is 0.316 e. The van der Waals surface area contributed by atoms with E-state index in [2.05, 4.69) is 35.0 Å². The summed E-state index contributed by atoms with van der Waals surface area (Å²) in [5.74, 6) is 0. The van der Waals surface area contributed by atoms with Gasteiger partial charge in [-0.1, -0.05) is 29.8 Å². The molecule has 2 aromatic rings. The molecule has 0 radical (unpaired) electrons. The lowest BCUT2D eigenvalue weighted by Crippen LogP contribution is -2.29. The summed E-state index contributed by atoms with van der Waals surface area (Å²) in [6.45, 7) is 0. The highest BCUT2D eigenvalue weighted by molar-refractivity contribution is 7.09. The molecule has 0 spiro atoms. The summed E-state index contributed by atoms with van der Waals surface area (Å²) in [4.78, 5) is 1.43. The second-order valence-corrected chi connectivity index (χ2v) is 5.57. The van der Waals surface area contributed by atoms with Crippen LogP contribution in [0.25, 0.3) is 0 Å². The molecule has 0 aliphatic rings. The van der Waals surface area contributed by atoms with E-state index in [-0.39, 0.29) is 0 Å². The molecule has 1 nitrogen and oxygen atoms in total. The van der Waals surface area contributed by atoms with Crippen molar-refractivity contribution in [2.75, 3.05) is 7.05 Å². The van der Waals surface area contributed by atoms with Crippen LogP contribution in [-0.4, -0.2) is 13.1 Å². The average molecular weight is 266 g/mol. The highest BCUT2D eigenvalue weighted by atomic mass is 35.5. The monoisotopic (exact) mass is 265 g/mol. The van der Waals surface area contributed by atoms with Gasteiger partial charge in [-0.05, 0) is 49.0 Å². The van der Waals surface area contributed by atoms with E-state index >= 15 is 0 Å². The van der Waals surface area contributed by atoms with Gasteiger partial charge in [0.15, 0.2) is 0 Å². The SMILES string of the molecule is CNC(Cc1ccc(Cl)cc1)Cc1cccs1. The number of hydrogen-bond acceptors (Lipinski definition) is 2. The molecule has 17 heavy (non-hydrogen) atoms. The number of hydrogen-bond donors (Lipinski definition) is 1. The van der Waals surface area contributed by atoms with E-state index < -0.39 is 0 Å². The number of halogens is 1. The molecule has 0 bridgehead atoms. The molecule has 0 amide bonds. The molecule has 2 rings (SSSR count). The van der Waals surface area contributed by atoms with Crippen molar-refractivity contribution in [1.82, 2.24) is 5.32 Å². The number of nitrogens with one attached hydrogen (secondary N) is 1. The van der Waals surface area contributed by atoms with Crippen LogP contribution in [0.2, 0.25) is 5.02 Å². The summed E-state index contributed by atoms with van der Waals surface area (Å²) in [5, 5.41) is 6.31. The predicted octanol–water partition coefficient (Wildman–Crippen LogP) is 3.77. The molecule has 1 N–H and O–H groups in total. The minimum atomic E-state index is 0.481. The van der Waals surface area contributed by atoms with E-state index in [1.807, 2.05) is 30.5 Å². The summed E-state index contributed by atoms with van der Waals surface area (Å²) in [6.07, 6.45) is 2.11. The summed E-state index contributed by atoms with van der Waals surface area (Å²) in [5.41, 5.74) is 1.32. The second-order valence-electron chi connectivity index (χ2n) is 4.10. The fraction of sp³-hybridized carbons (Fsp3) is 0.286. The van der Waals surface area contributed by atoms with Crippen LogP contribution < -0.4 is 5.32 Å². The Bertz CT molecular complexity index is 436. The molecule has 0 saturated heterocycles. The molecule has 3 heteroatoms. The molecule has 0 fully saturated rings. The van der Waals surface area contributed by atoms with E-state index in [4.69, 9.17) is 11.6 Å². The number of rotatable bonds is 5. The number of thiophene rings is 1. The van der Waals surface area contributed by atoms with Crippen molar-refractivity contribution in [3.8, 4) is 0 Å². The Labute approximate surface area is 111 Å². The first-order valence-corrected chi connectivity index (χ1v) is 6.98. The fourth-order valence-electron chi connectivity index (χ4n) is 1.85. The van der Waals surface area contributed by atoms with E-state index in [9.17, 15) is 0 Å². The van der Waals surface area contributed by atoms with Crippen LogP contribution >= 0.6 is 22.9 Å². The molecule has 1 atom stereocenters. The van der Waals surface area contributed by atoms with Gasteiger partial charge < -0.3 is 5.32 Å². The quantitative estimate of drug-likeness (QED) is 0.868. The van der Waals surface area contributed by atoms with Gasteiger partial charge in [0.1, 0.15) is 0 Å². The third-order valence-electron chi connectivity index (χ3n) is 2.83. The normalized spacial score (nSPS) is 12.6. The van der Waals surface area contributed by atoms with Gasteiger partial charge in [-0.2, -0.15) is 0 Å². The van der Waals surface area contributed by atoms with Gasteiger partial charge in [0.2, 0.25) is 0 Å². The van der Waals surface area contributed by atoms with Gasteiger partial charge >= 0.3 is 0 Å². The van der Waals surface area contributed by atoms with Gasteiger partial charge in [0.05, 0.1) is 0 Å². The first-order chi connectivity index (χ1) is 8.28. The van der Waals surface area contributed by atoms with Crippen LogP contribution in [0.1, 0.15) is 10.4 Å². The van der Waals surface area contributed by atoms with Crippen LogP contribution in [0.15, 0.2) is 41.8 Å². The maximum Gasteiger partial charge on any atom is 0.0406 e. The van der Waals surface area contributed by atoms with Crippen LogP contribution in [0.5, 0.6) is 0 Å². The van der Waals surface area contributed by atoms with Crippen molar-refractivity contribution in [1.29, 1.82) is 0 Å². The molecular weight excluding hydrogens is 250 g/mol. The molecule has 1 heterocycles. The molecule has 0 saturated carbocycles. The summed E-state index contributed by atoms with van der Waals surface area (Å²) in [6, 6.07) is 12.9. The zero-order valence-corrected chi connectivity index (χ0v) is 11.4. The topological polar surface area (TPSA) is 12.0 Å². The van der Waals surface area contributed by atoms with E-state index in [1.165, 1.54) is 10.4 Å². The minimum Gasteiger partial charge on any atom is -0.316 e. The van der Waals surface area contributed by atoms with Crippen molar-refractivity contribution in [2.24, 2.45) is 0 Å². The summed E-state index contributed by atoms with van der Waals surface area (Å²) < 4.78 is 0. The van der Waals surface area contributed by atoms with Crippen LogP contribution in [-0.2, 0) is 12.8 Å². The highest BCUT2D eigenvalue weighted by Gasteiger charge is 2.08. The van der Waals surface area contributed by atoms with Gasteiger partial charge in [-0.3, -0.25) is 0 Å². The lowest BCUT2D eigenvalue weighted by molar-refractivity contribution is 0.560. The van der Waals surface area contributed by atoms with Crippen LogP contribution in [0.3, 0.4) is 0 Å². The number of benzene rings is 1. The van der Waals surface area contributed by atoms with Crippen molar-refractivity contribution in [3.63, 3.8) is 0 Å². The molecule has 0 aliphatic carbocycles. The average Bonchev–Trinajstić information content (AvgIpc) is 2.84. The molecule has 1 aromatic heterocycles. The Morgan fingerprint density at radius 3 is 2.53 bits per heavy atom. The summed E-state index contributed by atoms with van der Waals surface area (Å²) in [7, 11) is 2.02. The standard InChI is InChI=1S/C14H16ClNS/c1-16-13(10-14-3-2-8-17-14)9-11-4-6-12(15)7-5-11/h2-8,13,16H,9-10H2,1H3. The van der Waals surface area contributed by atoms with Gasteiger partial charge in [-0.25, -0.2) is 0 Å². The van der Waals surface area contributed by atoms with Crippen molar-refractivity contribution < 1.29 is 0 Å². The van der Waals surface area contributed by atoms with Crippen molar-refractivity contribution in [3.05, 3.63) is 57.2 Å². The predicted molar refractivity (Wildman–Crippen MR) is 76.0 cm³/mol. The second kappa shape index (κ2) is 6.20. The maximum atomic E-state index is 5.88. The summed E-state index contributed by atoms with van der Waals surface area (Å²) >= 11 is 7.70. The smallest absolute Gasteiger partial charge is 0.0406 e. The zero-order valence-electron chi connectivity index (χ0n) is 9.82. The lowest BCUT2D eigenvalue weighted by Gasteiger charge is -2.15. The molecule has 90 valence electrons. The lowest BCUT2D eigenvalue weighted by atomic mass is 10.0. The van der Waals surface area contributed by atoms with Crippen molar-refractivity contribution >= 4 is 22.9 Å². The van der Waals surface area contributed by atoms with Gasteiger partial charge in [-0.15, -0.1) is 11.3 Å². The maximum absolute atomic E-state index is 5.88. The Balaban J connectivity index is 1.97. The van der Waals surface area contributed by atoms with Crippen molar-refractivity contribution in [2.45, 2.75) is 18.9 Å². The Morgan fingerprint density at radius 2 is 1.94 bits per heavy atom. The van der Waals surface area contributed by atoms with E-state index in [1.54, 1.807) is 0 Å². The highest BCUT2D eigenvalue weighted by Crippen LogP contribution is 2.15. The molecule has 1 unspecified atom stereocenters. The zero-order chi connectivity index (χ0) is 12.1. The Kier molecular flexibility index (Phi) is 4.60. The van der Waals surface area contributed by atoms with E-state index in [0.717, 1.165) is 17.9 Å². The first kappa shape index (κ1) is 12.6.